The van der Waals surface area contributed by atoms with Crippen molar-refractivity contribution >= 4 is 44.9 Å². The Hall–Kier alpha value is -4.19. The number of rotatable bonds is 3. The number of para-hydroxylation sites is 2. The lowest BCUT2D eigenvalue weighted by atomic mass is 10.1. The fourth-order valence-electron chi connectivity index (χ4n) is 4.01. The fraction of sp³-hybridized carbons (Fsp3) is 0.0800. The van der Waals surface area contributed by atoms with E-state index in [2.05, 4.69) is 9.72 Å². The summed E-state index contributed by atoms with van der Waals surface area (Å²) in [5.74, 6) is 0.145. The summed E-state index contributed by atoms with van der Waals surface area (Å²) in [6.45, 7) is 1.96. The summed E-state index contributed by atoms with van der Waals surface area (Å²) in [6, 6.07) is 22.2. The number of ether oxygens (including phenoxy) is 1. The van der Waals surface area contributed by atoms with Crippen molar-refractivity contribution in [2.75, 3.05) is 12.4 Å². The summed E-state index contributed by atoms with van der Waals surface area (Å²) in [5.41, 5.74) is 4.33. The molecule has 1 N–H and O–H groups in total. The Morgan fingerprint density at radius 1 is 0.871 bits per heavy atom. The minimum absolute atomic E-state index is 0.256. The molecule has 5 aromatic rings. The van der Waals surface area contributed by atoms with Gasteiger partial charge in [-0.05, 0) is 43.3 Å². The molecule has 5 rings (SSSR count). The molecule has 6 nitrogen and oxygen atoms in total. The number of esters is 1. The number of carbonyl (C=O) groups excluding carboxylic acids is 2. The third-order valence-electron chi connectivity index (χ3n) is 5.45. The maximum absolute atomic E-state index is 13.1. The molecule has 0 unspecified atom stereocenters. The molecule has 0 radical (unpaired) electrons. The Bertz CT molecular complexity index is 1480. The predicted molar refractivity (Wildman–Crippen MR) is 121 cm³/mol. The summed E-state index contributed by atoms with van der Waals surface area (Å²) in [6.07, 6.45) is 0. The molecule has 0 atom stereocenters. The predicted octanol–water partition coefficient (Wildman–Crippen LogP) is 4.99. The number of aryl methyl sites for hydroxylation is 1. The lowest BCUT2D eigenvalue weighted by molar-refractivity contribution is 0.0600. The van der Waals surface area contributed by atoms with E-state index >= 15 is 0 Å². The number of nitrogens with zero attached hydrogens (tertiary/aromatic N) is 2. The van der Waals surface area contributed by atoms with Crippen molar-refractivity contribution in [3.63, 3.8) is 0 Å². The van der Waals surface area contributed by atoms with Crippen molar-refractivity contribution in [2.45, 2.75) is 6.92 Å². The first-order valence-corrected chi connectivity index (χ1v) is 9.86. The van der Waals surface area contributed by atoms with E-state index in [1.165, 1.54) is 7.11 Å². The minimum Gasteiger partial charge on any atom is -0.465 e. The lowest BCUT2D eigenvalue weighted by Gasteiger charge is -2.09. The average Bonchev–Trinajstić information content (AvgIpc) is 3.14. The second kappa shape index (κ2) is 7.25. The van der Waals surface area contributed by atoms with Crippen molar-refractivity contribution in [3.8, 4) is 0 Å². The highest BCUT2D eigenvalue weighted by atomic mass is 16.5. The summed E-state index contributed by atoms with van der Waals surface area (Å²) < 4.78 is 6.80. The van der Waals surface area contributed by atoms with Crippen molar-refractivity contribution in [1.82, 2.24) is 9.38 Å². The quantitative estimate of drug-likeness (QED) is 0.426. The highest BCUT2D eigenvalue weighted by Gasteiger charge is 2.19. The zero-order valence-corrected chi connectivity index (χ0v) is 17.0. The van der Waals surface area contributed by atoms with Crippen molar-refractivity contribution in [1.29, 1.82) is 0 Å². The second-order valence-electron chi connectivity index (χ2n) is 7.28. The zero-order valence-electron chi connectivity index (χ0n) is 17.0. The SMILES string of the molecule is COC(=O)c1ccc(C(=O)Nc2c3ccccc3n3c(C)nc4ccccc4c23)cc1. The van der Waals surface area contributed by atoms with Crippen LogP contribution in [0.15, 0.2) is 72.8 Å². The molecule has 2 heterocycles. The summed E-state index contributed by atoms with van der Waals surface area (Å²) in [7, 11) is 1.33. The molecule has 6 heteroatoms. The van der Waals surface area contributed by atoms with Gasteiger partial charge < -0.3 is 10.1 Å². The Morgan fingerprint density at radius 2 is 1.52 bits per heavy atom. The molecule has 0 saturated carbocycles. The Labute approximate surface area is 178 Å². The van der Waals surface area contributed by atoms with Gasteiger partial charge in [-0.15, -0.1) is 0 Å². The van der Waals surface area contributed by atoms with Crippen LogP contribution < -0.4 is 5.32 Å². The molecule has 152 valence electrons. The number of aromatic nitrogens is 2. The zero-order chi connectivity index (χ0) is 21.5. The van der Waals surface area contributed by atoms with Crippen molar-refractivity contribution in [3.05, 3.63) is 89.7 Å². The van der Waals surface area contributed by atoms with Crippen LogP contribution >= 0.6 is 0 Å². The Kier molecular flexibility index (Phi) is 4.40. The van der Waals surface area contributed by atoms with Crippen LogP contribution in [-0.2, 0) is 4.74 Å². The molecule has 0 aliphatic heterocycles. The molecule has 0 aliphatic carbocycles. The van der Waals surface area contributed by atoms with Gasteiger partial charge in [0.15, 0.2) is 0 Å². The molecule has 0 aliphatic rings. The largest absolute Gasteiger partial charge is 0.465 e. The number of anilines is 1. The van der Waals surface area contributed by atoms with Crippen LogP contribution in [-0.4, -0.2) is 28.4 Å². The van der Waals surface area contributed by atoms with E-state index in [4.69, 9.17) is 9.72 Å². The standard InChI is InChI=1S/C25H19N3O3/c1-15-26-20-9-5-3-7-18(20)23-22(19-8-4-6-10-21(19)28(15)23)27-24(29)16-11-13-17(14-12-16)25(30)31-2/h3-14H,1-2H3,(H,27,29). The van der Waals surface area contributed by atoms with Crippen molar-refractivity contribution < 1.29 is 14.3 Å². The van der Waals surface area contributed by atoms with E-state index in [0.717, 1.165) is 38.8 Å². The van der Waals surface area contributed by atoms with Crippen LogP contribution in [0.25, 0.3) is 27.3 Å². The van der Waals surface area contributed by atoms with Gasteiger partial charge in [0, 0.05) is 16.3 Å². The number of benzene rings is 3. The monoisotopic (exact) mass is 409 g/mol. The van der Waals surface area contributed by atoms with Gasteiger partial charge in [0.1, 0.15) is 5.82 Å². The number of hydrogen-bond donors (Lipinski definition) is 1. The number of methoxy groups -OCH3 is 1. The van der Waals surface area contributed by atoms with E-state index in [-0.39, 0.29) is 5.91 Å². The molecule has 0 spiro atoms. The van der Waals surface area contributed by atoms with Crippen LogP contribution in [0.4, 0.5) is 5.69 Å². The van der Waals surface area contributed by atoms with Gasteiger partial charge in [-0.3, -0.25) is 9.20 Å². The van der Waals surface area contributed by atoms with E-state index in [9.17, 15) is 9.59 Å². The summed E-state index contributed by atoms with van der Waals surface area (Å²) >= 11 is 0. The third kappa shape index (κ3) is 3.00. The smallest absolute Gasteiger partial charge is 0.337 e. The van der Waals surface area contributed by atoms with Gasteiger partial charge in [-0.2, -0.15) is 0 Å². The fourth-order valence-corrected chi connectivity index (χ4v) is 4.01. The first-order chi connectivity index (χ1) is 15.1. The molecular weight excluding hydrogens is 390 g/mol. The van der Waals surface area contributed by atoms with Gasteiger partial charge in [0.2, 0.25) is 0 Å². The summed E-state index contributed by atoms with van der Waals surface area (Å²) in [4.78, 5) is 29.5. The lowest BCUT2D eigenvalue weighted by Crippen LogP contribution is -2.12. The maximum atomic E-state index is 13.1. The minimum atomic E-state index is -0.439. The van der Waals surface area contributed by atoms with Crippen LogP contribution in [0.2, 0.25) is 0 Å². The highest BCUT2D eigenvalue weighted by molar-refractivity contribution is 6.18. The molecular formula is C25H19N3O3. The topological polar surface area (TPSA) is 72.7 Å². The molecule has 3 aromatic carbocycles. The molecule has 31 heavy (non-hydrogen) atoms. The van der Waals surface area contributed by atoms with E-state index in [1.54, 1.807) is 24.3 Å². The average molecular weight is 409 g/mol. The van der Waals surface area contributed by atoms with Crippen LogP contribution in [0.3, 0.4) is 0 Å². The number of nitrogens with one attached hydrogen (secondary N) is 1. The Balaban J connectivity index is 1.68. The van der Waals surface area contributed by atoms with Gasteiger partial charge in [0.25, 0.3) is 5.91 Å². The molecule has 0 saturated heterocycles. The first-order valence-electron chi connectivity index (χ1n) is 9.86. The molecule has 0 fully saturated rings. The first kappa shape index (κ1) is 18.8. The molecule has 2 aromatic heterocycles. The normalized spacial score (nSPS) is 11.2. The number of fused-ring (bicyclic) bond motifs is 5. The number of amides is 1. The highest BCUT2D eigenvalue weighted by Crippen LogP contribution is 2.36. The van der Waals surface area contributed by atoms with E-state index in [1.807, 2.05) is 55.5 Å². The Morgan fingerprint density at radius 3 is 2.26 bits per heavy atom. The molecule has 1 amide bonds. The van der Waals surface area contributed by atoms with Gasteiger partial charge >= 0.3 is 5.97 Å². The third-order valence-corrected chi connectivity index (χ3v) is 5.45. The van der Waals surface area contributed by atoms with Gasteiger partial charge in [-0.1, -0.05) is 36.4 Å². The maximum Gasteiger partial charge on any atom is 0.337 e. The van der Waals surface area contributed by atoms with E-state index < -0.39 is 5.97 Å². The van der Waals surface area contributed by atoms with Crippen molar-refractivity contribution in [2.24, 2.45) is 0 Å². The van der Waals surface area contributed by atoms with Gasteiger partial charge in [0.05, 0.1) is 34.9 Å². The van der Waals surface area contributed by atoms with Crippen LogP contribution in [0.1, 0.15) is 26.5 Å². The number of carbonyl (C=O) groups is 2. The van der Waals surface area contributed by atoms with Gasteiger partial charge in [-0.25, -0.2) is 9.78 Å². The number of hydrogen-bond acceptors (Lipinski definition) is 4. The van der Waals surface area contributed by atoms with E-state index in [0.29, 0.717) is 11.1 Å². The molecule has 0 bridgehead atoms. The van der Waals surface area contributed by atoms with Crippen LogP contribution in [0, 0.1) is 6.92 Å². The second-order valence-corrected chi connectivity index (χ2v) is 7.28. The van der Waals surface area contributed by atoms with Crippen LogP contribution in [0.5, 0.6) is 0 Å². The summed E-state index contributed by atoms with van der Waals surface area (Å²) in [5, 5.41) is 5.00.